The Kier molecular flexibility index (Phi) is 4.07. The Morgan fingerprint density at radius 3 is 2.39 bits per heavy atom. The van der Waals surface area contributed by atoms with Crippen molar-refractivity contribution in [3.8, 4) is 0 Å². The average molecular weight is 241 g/mol. The quantitative estimate of drug-likeness (QED) is 0.772. The molecule has 18 heavy (non-hydrogen) atoms. The summed E-state index contributed by atoms with van der Waals surface area (Å²) in [6, 6.07) is 11.5. The molecule has 3 nitrogen and oxygen atoms in total. The molecule has 0 spiro atoms. The molecule has 0 N–H and O–H groups in total. The first kappa shape index (κ1) is 12.3. The maximum atomic E-state index is 11.6. The van der Waals surface area contributed by atoms with E-state index in [-0.39, 0.29) is 5.97 Å². The third kappa shape index (κ3) is 3.70. The van der Waals surface area contributed by atoms with E-state index in [9.17, 15) is 4.79 Å². The van der Waals surface area contributed by atoms with E-state index in [0.717, 1.165) is 11.1 Å². The number of benzene rings is 1. The Hall–Kier alpha value is -2.16. The molecule has 0 atom stereocenters. The Bertz CT molecular complexity index is 506. The summed E-state index contributed by atoms with van der Waals surface area (Å²) in [5, 5.41) is 0. The molecule has 0 radical (unpaired) electrons. The maximum absolute atomic E-state index is 11.6. The zero-order chi connectivity index (χ0) is 12.8. The minimum Gasteiger partial charge on any atom is -0.461 e. The van der Waals surface area contributed by atoms with E-state index in [2.05, 4.69) is 4.98 Å². The number of carbonyl (C=O) groups is 1. The van der Waals surface area contributed by atoms with Gasteiger partial charge in [0.25, 0.3) is 0 Å². The second kappa shape index (κ2) is 5.96. The average Bonchev–Trinajstić information content (AvgIpc) is 2.40. The number of pyridine rings is 1. The van der Waals surface area contributed by atoms with Gasteiger partial charge in [0.15, 0.2) is 0 Å². The molecule has 0 aliphatic rings. The minimum absolute atomic E-state index is 0.212. The standard InChI is InChI=1S/C15H15NO2/c1-12-2-4-13(5-3-12)10-15(17)18-11-14-6-8-16-9-7-14/h2-9H,10-11H2,1H3. The van der Waals surface area contributed by atoms with Gasteiger partial charge in [-0.1, -0.05) is 29.8 Å². The largest absolute Gasteiger partial charge is 0.461 e. The van der Waals surface area contributed by atoms with Crippen molar-refractivity contribution in [1.82, 2.24) is 4.98 Å². The van der Waals surface area contributed by atoms with Crippen molar-refractivity contribution in [2.24, 2.45) is 0 Å². The summed E-state index contributed by atoms with van der Waals surface area (Å²) in [5.74, 6) is -0.212. The van der Waals surface area contributed by atoms with Gasteiger partial charge < -0.3 is 4.74 Å². The second-order valence-corrected chi connectivity index (χ2v) is 4.18. The summed E-state index contributed by atoms with van der Waals surface area (Å²) in [6.45, 7) is 2.32. The maximum Gasteiger partial charge on any atom is 0.310 e. The van der Waals surface area contributed by atoms with Crippen molar-refractivity contribution in [1.29, 1.82) is 0 Å². The van der Waals surface area contributed by atoms with Crippen molar-refractivity contribution in [3.63, 3.8) is 0 Å². The predicted octanol–water partition coefficient (Wildman–Crippen LogP) is 2.68. The van der Waals surface area contributed by atoms with Crippen LogP contribution in [0.4, 0.5) is 0 Å². The molecular formula is C15H15NO2. The van der Waals surface area contributed by atoms with Gasteiger partial charge in [0.1, 0.15) is 6.61 Å². The fourth-order valence-electron chi connectivity index (χ4n) is 1.57. The smallest absolute Gasteiger partial charge is 0.310 e. The SMILES string of the molecule is Cc1ccc(CC(=O)OCc2ccncc2)cc1. The van der Waals surface area contributed by atoms with Crippen LogP contribution in [0.3, 0.4) is 0 Å². The van der Waals surface area contributed by atoms with Crippen molar-refractivity contribution < 1.29 is 9.53 Å². The van der Waals surface area contributed by atoms with E-state index in [1.807, 2.05) is 43.3 Å². The third-order valence-corrected chi connectivity index (χ3v) is 2.62. The highest BCUT2D eigenvalue weighted by molar-refractivity contribution is 5.72. The predicted molar refractivity (Wildman–Crippen MR) is 68.9 cm³/mol. The first-order valence-corrected chi connectivity index (χ1v) is 5.84. The normalized spacial score (nSPS) is 10.1. The number of ether oxygens (including phenoxy) is 1. The van der Waals surface area contributed by atoms with Crippen LogP contribution in [0.25, 0.3) is 0 Å². The molecule has 0 aliphatic heterocycles. The number of hydrogen-bond donors (Lipinski definition) is 0. The highest BCUT2D eigenvalue weighted by Gasteiger charge is 2.04. The van der Waals surface area contributed by atoms with Crippen LogP contribution in [0.15, 0.2) is 48.8 Å². The van der Waals surface area contributed by atoms with Crippen molar-refractivity contribution in [3.05, 3.63) is 65.5 Å². The Morgan fingerprint density at radius 1 is 1.06 bits per heavy atom. The Balaban J connectivity index is 1.84. The lowest BCUT2D eigenvalue weighted by Crippen LogP contribution is -2.07. The summed E-state index contributed by atoms with van der Waals surface area (Å²) in [6.07, 6.45) is 3.68. The van der Waals surface area contributed by atoms with Gasteiger partial charge in [-0.15, -0.1) is 0 Å². The molecule has 0 saturated carbocycles. The molecule has 0 unspecified atom stereocenters. The highest BCUT2D eigenvalue weighted by atomic mass is 16.5. The van der Waals surface area contributed by atoms with Gasteiger partial charge in [-0.3, -0.25) is 9.78 Å². The minimum atomic E-state index is -0.212. The number of rotatable bonds is 4. The van der Waals surface area contributed by atoms with Crippen molar-refractivity contribution in [2.45, 2.75) is 20.0 Å². The fourth-order valence-corrected chi connectivity index (χ4v) is 1.57. The van der Waals surface area contributed by atoms with Gasteiger partial charge >= 0.3 is 5.97 Å². The second-order valence-electron chi connectivity index (χ2n) is 4.18. The molecule has 0 amide bonds. The first-order chi connectivity index (χ1) is 8.74. The van der Waals surface area contributed by atoms with Crippen LogP contribution in [0, 0.1) is 6.92 Å². The zero-order valence-corrected chi connectivity index (χ0v) is 10.3. The fraction of sp³-hybridized carbons (Fsp3) is 0.200. The molecule has 1 heterocycles. The van der Waals surface area contributed by atoms with Gasteiger partial charge in [0.2, 0.25) is 0 Å². The van der Waals surface area contributed by atoms with Crippen LogP contribution < -0.4 is 0 Å². The molecule has 0 fully saturated rings. The van der Waals surface area contributed by atoms with E-state index in [4.69, 9.17) is 4.74 Å². The molecule has 0 saturated heterocycles. The number of aromatic nitrogens is 1. The molecule has 0 aliphatic carbocycles. The van der Waals surface area contributed by atoms with Gasteiger partial charge in [-0.25, -0.2) is 0 Å². The van der Waals surface area contributed by atoms with E-state index in [0.29, 0.717) is 13.0 Å². The van der Waals surface area contributed by atoms with Crippen LogP contribution >= 0.6 is 0 Å². The highest BCUT2D eigenvalue weighted by Crippen LogP contribution is 2.06. The molecule has 92 valence electrons. The number of carbonyl (C=O) groups excluding carboxylic acids is 1. The van der Waals surface area contributed by atoms with E-state index >= 15 is 0 Å². The summed E-state index contributed by atoms with van der Waals surface area (Å²) < 4.78 is 5.20. The molecule has 0 bridgehead atoms. The van der Waals surface area contributed by atoms with E-state index < -0.39 is 0 Å². The van der Waals surface area contributed by atoms with Crippen LogP contribution in [0.1, 0.15) is 16.7 Å². The van der Waals surface area contributed by atoms with Gasteiger partial charge in [0.05, 0.1) is 6.42 Å². The Labute approximate surface area is 106 Å². The topological polar surface area (TPSA) is 39.2 Å². The van der Waals surface area contributed by atoms with E-state index in [1.54, 1.807) is 12.4 Å². The molecule has 1 aromatic carbocycles. The number of hydrogen-bond acceptors (Lipinski definition) is 3. The molecular weight excluding hydrogens is 226 g/mol. The summed E-state index contributed by atoms with van der Waals surface area (Å²) in [4.78, 5) is 15.5. The van der Waals surface area contributed by atoms with E-state index in [1.165, 1.54) is 5.56 Å². The Morgan fingerprint density at radius 2 is 1.72 bits per heavy atom. The number of aryl methyl sites for hydroxylation is 1. The summed E-state index contributed by atoms with van der Waals surface area (Å²) >= 11 is 0. The first-order valence-electron chi connectivity index (χ1n) is 5.84. The zero-order valence-electron chi connectivity index (χ0n) is 10.3. The summed E-state index contributed by atoms with van der Waals surface area (Å²) in [5.41, 5.74) is 3.10. The summed E-state index contributed by atoms with van der Waals surface area (Å²) in [7, 11) is 0. The molecule has 2 aromatic rings. The third-order valence-electron chi connectivity index (χ3n) is 2.62. The van der Waals surface area contributed by atoms with Gasteiger partial charge in [-0.2, -0.15) is 0 Å². The molecule has 3 heteroatoms. The van der Waals surface area contributed by atoms with Crippen LogP contribution in [0.5, 0.6) is 0 Å². The lowest BCUT2D eigenvalue weighted by atomic mass is 10.1. The lowest BCUT2D eigenvalue weighted by Gasteiger charge is -2.05. The van der Waals surface area contributed by atoms with Crippen molar-refractivity contribution in [2.75, 3.05) is 0 Å². The lowest BCUT2D eigenvalue weighted by molar-refractivity contribution is -0.144. The molecule has 1 aromatic heterocycles. The van der Waals surface area contributed by atoms with Crippen molar-refractivity contribution >= 4 is 5.97 Å². The monoisotopic (exact) mass is 241 g/mol. The van der Waals surface area contributed by atoms with Crippen LogP contribution in [-0.2, 0) is 22.6 Å². The number of esters is 1. The number of nitrogens with zero attached hydrogens (tertiary/aromatic N) is 1. The van der Waals surface area contributed by atoms with Crippen LogP contribution in [-0.4, -0.2) is 11.0 Å². The van der Waals surface area contributed by atoms with Gasteiger partial charge in [-0.05, 0) is 30.2 Å². The van der Waals surface area contributed by atoms with Gasteiger partial charge in [0, 0.05) is 12.4 Å². The molecule has 2 rings (SSSR count). The van der Waals surface area contributed by atoms with Crippen LogP contribution in [0.2, 0.25) is 0 Å².